The Labute approximate surface area is 200 Å². The van der Waals surface area contributed by atoms with Gasteiger partial charge in [0.15, 0.2) is 0 Å². The van der Waals surface area contributed by atoms with Crippen molar-refractivity contribution in [3.63, 3.8) is 0 Å². The van der Waals surface area contributed by atoms with Gasteiger partial charge >= 0.3 is 0 Å². The second kappa shape index (κ2) is 24.7. The molecule has 0 amide bonds. The van der Waals surface area contributed by atoms with E-state index in [9.17, 15) is 0 Å². The maximum atomic E-state index is 6.09. The van der Waals surface area contributed by atoms with E-state index in [1.54, 1.807) is 0 Å². The summed E-state index contributed by atoms with van der Waals surface area (Å²) in [6.45, 7) is 10.6. The Morgan fingerprint density at radius 2 is 0.750 bits per heavy atom. The molecule has 188 valence electrons. The first-order valence-corrected chi connectivity index (χ1v) is 13.5. The summed E-state index contributed by atoms with van der Waals surface area (Å²) in [4.78, 5) is 0. The van der Waals surface area contributed by atoms with E-state index in [4.69, 9.17) is 14.2 Å². The normalized spacial score (nSPS) is 14.2. The molecule has 0 rings (SSSR count). The molecule has 0 spiro atoms. The average molecular weight is 451 g/mol. The lowest BCUT2D eigenvalue weighted by molar-refractivity contribution is -0.370. The maximum Gasteiger partial charge on any atom is 0.279 e. The highest BCUT2D eigenvalue weighted by Gasteiger charge is 2.26. The van der Waals surface area contributed by atoms with Crippen LogP contribution in [0.1, 0.15) is 124 Å². The summed E-state index contributed by atoms with van der Waals surface area (Å²) in [6, 6.07) is 0. The van der Waals surface area contributed by atoms with Crippen LogP contribution >= 0.6 is 0 Å². The lowest BCUT2D eigenvalue weighted by atomic mass is 10.2. The van der Waals surface area contributed by atoms with E-state index in [2.05, 4.69) is 57.2 Å². The molecule has 3 heteroatoms. The highest BCUT2D eigenvalue weighted by Crippen LogP contribution is 2.18. The molecule has 0 aliphatic rings. The second-order valence-electron chi connectivity index (χ2n) is 8.59. The summed E-state index contributed by atoms with van der Waals surface area (Å²) in [5, 5.41) is 0. The standard InChI is InChI=1S/C29H54O3/c1-5-8-11-14-17-20-23-26-30-29(4,31-27-24-21-18-15-12-9-6-2)32-28-25-22-19-16-13-10-7-3/h8-13H,5-7,14-28H2,1-4H3. The minimum Gasteiger partial charge on any atom is -0.328 e. The van der Waals surface area contributed by atoms with Crippen LogP contribution in [0.4, 0.5) is 0 Å². The summed E-state index contributed by atoms with van der Waals surface area (Å²) in [5.74, 6) is -0.910. The maximum absolute atomic E-state index is 6.09. The summed E-state index contributed by atoms with van der Waals surface area (Å²) >= 11 is 0. The molecule has 0 aromatic rings. The third-order valence-corrected chi connectivity index (χ3v) is 5.35. The van der Waals surface area contributed by atoms with Crippen LogP contribution in [-0.2, 0) is 14.2 Å². The van der Waals surface area contributed by atoms with Gasteiger partial charge in [-0.25, -0.2) is 0 Å². The Balaban J connectivity index is 4.15. The molecule has 0 unspecified atom stereocenters. The first-order valence-electron chi connectivity index (χ1n) is 13.5. The Bertz CT molecular complexity index is 389. The van der Waals surface area contributed by atoms with E-state index >= 15 is 0 Å². The van der Waals surface area contributed by atoms with E-state index in [0.29, 0.717) is 19.8 Å². The van der Waals surface area contributed by atoms with Crippen LogP contribution in [0.3, 0.4) is 0 Å². The van der Waals surface area contributed by atoms with Gasteiger partial charge in [0.1, 0.15) is 0 Å². The molecule has 0 N–H and O–H groups in total. The predicted octanol–water partition coefficient (Wildman–Crippen LogP) is 9.29. The smallest absolute Gasteiger partial charge is 0.279 e. The zero-order chi connectivity index (χ0) is 23.6. The molecule has 32 heavy (non-hydrogen) atoms. The molecule has 0 aliphatic heterocycles. The van der Waals surface area contributed by atoms with Crippen molar-refractivity contribution in [3.8, 4) is 0 Å². The van der Waals surface area contributed by atoms with Crippen molar-refractivity contribution >= 4 is 0 Å². The van der Waals surface area contributed by atoms with Crippen molar-refractivity contribution in [2.45, 2.75) is 130 Å². The minimum absolute atomic E-state index is 0.692. The van der Waals surface area contributed by atoms with Crippen LogP contribution in [0, 0.1) is 0 Å². The van der Waals surface area contributed by atoms with Crippen LogP contribution in [-0.4, -0.2) is 25.8 Å². The van der Waals surface area contributed by atoms with Gasteiger partial charge in [0.05, 0.1) is 19.8 Å². The van der Waals surface area contributed by atoms with Gasteiger partial charge in [-0.3, -0.25) is 0 Å². The Morgan fingerprint density at radius 1 is 0.438 bits per heavy atom. The van der Waals surface area contributed by atoms with Gasteiger partial charge in [-0.1, -0.05) is 76.5 Å². The van der Waals surface area contributed by atoms with Gasteiger partial charge in [-0.2, -0.15) is 0 Å². The molecule has 0 heterocycles. The lowest BCUT2D eigenvalue weighted by Gasteiger charge is -2.30. The molecule has 0 fully saturated rings. The second-order valence-corrected chi connectivity index (χ2v) is 8.59. The van der Waals surface area contributed by atoms with Crippen molar-refractivity contribution in [1.29, 1.82) is 0 Å². The van der Waals surface area contributed by atoms with Crippen LogP contribution in [0.25, 0.3) is 0 Å². The fraction of sp³-hybridized carbons (Fsp3) is 0.793. The number of hydrogen-bond donors (Lipinski definition) is 0. The molecule has 0 bridgehead atoms. The highest BCUT2D eigenvalue weighted by molar-refractivity contribution is 4.80. The summed E-state index contributed by atoms with van der Waals surface area (Å²) < 4.78 is 18.3. The van der Waals surface area contributed by atoms with Gasteiger partial charge in [-0.05, 0) is 77.0 Å². The molecular formula is C29H54O3. The van der Waals surface area contributed by atoms with E-state index < -0.39 is 5.97 Å². The Kier molecular flexibility index (Phi) is 24.0. The summed E-state index contributed by atoms with van der Waals surface area (Å²) in [6.07, 6.45) is 30.8. The highest BCUT2D eigenvalue weighted by atomic mass is 16.9. The fourth-order valence-electron chi connectivity index (χ4n) is 3.37. The first kappa shape index (κ1) is 31.1. The molecule has 0 saturated carbocycles. The zero-order valence-electron chi connectivity index (χ0n) is 21.9. The molecular weight excluding hydrogens is 396 g/mol. The van der Waals surface area contributed by atoms with E-state index in [-0.39, 0.29) is 0 Å². The van der Waals surface area contributed by atoms with Crippen LogP contribution in [0.15, 0.2) is 36.5 Å². The number of rotatable bonds is 24. The lowest BCUT2D eigenvalue weighted by Crippen LogP contribution is -2.37. The van der Waals surface area contributed by atoms with E-state index in [1.165, 1.54) is 57.8 Å². The third-order valence-electron chi connectivity index (χ3n) is 5.35. The SMILES string of the molecule is CCC=CCCCCCOC(C)(OCCCCCC=CCC)OCCCCCC=CCC. The molecule has 0 saturated heterocycles. The van der Waals surface area contributed by atoms with Crippen LogP contribution in [0.2, 0.25) is 0 Å². The van der Waals surface area contributed by atoms with Gasteiger partial charge in [0, 0.05) is 6.92 Å². The van der Waals surface area contributed by atoms with E-state index in [0.717, 1.165) is 38.5 Å². The van der Waals surface area contributed by atoms with Gasteiger partial charge in [-0.15, -0.1) is 0 Å². The minimum atomic E-state index is -0.910. The molecule has 0 atom stereocenters. The van der Waals surface area contributed by atoms with Crippen molar-refractivity contribution in [3.05, 3.63) is 36.5 Å². The van der Waals surface area contributed by atoms with E-state index in [1.807, 2.05) is 6.92 Å². The third kappa shape index (κ3) is 22.3. The molecule has 3 nitrogen and oxygen atoms in total. The van der Waals surface area contributed by atoms with Crippen LogP contribution in [0.5, 0.6) is 0 Å². The summed E-state index contributed by atoms with van der Waals surface area (Å²) in [5.41, 5.74) is 0. The molecule has 0 radical (unpaired) electrons. The first-order chi connectivity index (χ1) is 15.7. The Morgan fingerprint density at radius 3 is 1.03 bits per heavy atom. The Hall–Kier alpha value is -0.900. The quantitative estimate of drug-likeness (QED) is 0.0832. The summed E-state index contributed by atoms with van der Waals surface area (Å²) in [7, 11) is 0. The molecule has 0 aromatic carbocycles. The van der Waals surface area contributed by atoms with Crippen molar-refractivity contribution in [2.24, 2.45) is 0 Å². The van der Waals surface area contributed by atoms with Gasteiger partial charge < -0.3 is 14.2 Å². The van der Waals surface area contributed by atoms with Crippen molar-refractivity contribution in [2.75, 3.05) is 19.8 Å². The van der Waals surface area contributed by atoms with Gasteiger partial charge in [0.25, 0.3) is 5.97 Å². The average Bonchev–Trinajstić information content (AvgIpc) is 2.79. The zero-order valence-corrected chi connectivity index (χ0v) is 21.9. The number of ether oxygens (including phenoxy) is 3. The topological polar surface area (TPSA) is 27.7 Å². The number of unbranched alkanes of at least 4 members (excludes halogenated alkanes) is 9. The van der Waals surface area contributed by atoms with Gasteiger partial charge in [0.2, 0.25) is 0 Å². The largest absolute Gasteiger partial charge is 0.328 e. The van der Waals surface area contributed by atoms with Crippen LogP contribution < -0.4 is 0 Å². The number of allylic oxidation sites excluding steroid dienone is 6. The monoisotopic (exact) mass is 450 g/mol. The fourth-order valence-corrected chi connectivity index (χ4v) is 3.37. The molecule has 0 aromatic heterocycles. The predicted molar refractivity (Wildman–Crippen MR) is 140 cm³/mol. The van der Waals surface area contributed by atoms with Crippen molar-refractivity contribution in [1.82, 2.24) is 0 Å². The number of hydrogen-bond acceptors (Lipinski definition) is 3. The van der Waals surface area contributed by atoms with Crippen molar-refractivity contribution < 1.29 is 14.2 Å². The molecule has 0 aliphatic carbocycles.